The minimum atomic E-state index is -0.550. The molecule has 0 spiro atoms. The number of hydrogen-bond acceptors (Lipinski definition) is 3. The molecule has 1 aromatic heterocycles. The number of hydrogen-bond donors (Lipinski definition) is 0. The van der Waals surface area contributed by atoms with Gasteiger partial charge < -0.3 is 9.32 Å². The summed E-state index contributed by atoms with van der Waals surface area (Å²) in [6.45, 7) is 7.94. The summed E-state index contributed by atoms with van der Waals surface area (Å²) in [5, 5.41) is 1.03. The van der Waals surface area contributed by atoms with Gasteiger partial charge in [0.2, 0.25) is 5.76 Å². The van der Waals surface area contributed by atoms with Gasteiger partial charge in [-0.1, -0.05) is 29.8 Å². The second-order valence-electron chi connectivity index (χ2n) is 6.81. The molecule has 2 aromatic carbocycles. The Labute approximate surface area is 161 Å². The minimum Gasteiger partial charge on any atom is -0.450 e. The highest BCUT2D eigenvalue weighted by atomic mass is 35.5. The van der Waals surface area contributed by atoms with Crippen LogP contribution in [0.3, 0.4) is 0 Å². The standard InChI is InChI=1S/C22H18ClNO3/c1-4-8-24-19(14-6-5-7-15(23)11-14)18-20(25)16-9-12(2)13(3)10-17(16)27-21(18)22(24)26/h4-7,9-11,19H,1,8H2,2-3H3. The van der Waals surface area contributed by atoms with E-state index in [2.05, 4.69) is 6.58 Å². The molecule has 0 saturated carbocycles. The second kappa shape index (κ2) is 6.39. The van der Waals surface area contributed by atoms with E-state index in [1.165, 1.54) is 0 Å². The van der Waals surface area contributed by atoms with Gasteiger partial charge in [0.05, 0.1) is 17.0 Å². The highest BCUT2D eigenvalue weighted by Gasteiger charge is 2.42. The maximum atomic E-state index is 13.4. The Kier molecular flexibility index (Phi) is 4.16. The van der Waals surface area contributed by atoms with E-state index in [0.29, 0.717) is 28.1 Å². The van der Waals surface area contributed by atoms with Crippen LogP contribution in [0, 0.1) is 13.8 Å². The summed E-state index contributed by atoms with van der Waals surface area (Å²) in [7, 11) is 0. The lowest BCUT2D eigenvalue weighted by Crippen LogP contribution is -2.29. The highest BCUT2D eigenvalue weighted by Crippen LogP contribution is 2.38. The van der Waals surface area contributed by atoms with Crippen LogP contribution in [0.15, 0.2) is 58.3 Å². The normalized spacial score (nSPS) is 16.0. The molecule has 0 saturated heterocycles. The molecule has 4 rings (SSSR count). The molecule has 0 fully saturated rings. The third-order valence-corrected chi connectivity index (χ3v) is 5.31. The predicted octanol–water partition coefficient (Wildman–Crippen LogP) is 4.79. The first-order valence-corrected chi connectivity index (χ1v) is 9.05. The van der Waals surface area contributed by atoms with Crippen molar-refractivity contribution in [3.05, 3.63) is 92.3 Å². The molecule has 3 aromatic rings. The number of nitrogens with zero attached hydrogens (tertiary/aromatic N) is 1. The van der Waals surface area contributed by atoms with Crippen molar-refractivity contribution >= 4 is 28.5 Å². The van der Waals surface area contributed by atoms with Crippen LogP contribution in [0.2, 0.25) is 5.02 Å². The Morgan fingerprint density at radius 3 is 2.63 bits per heavy atom. The minimum absolute atomic E-state index is 0.0996. The number of carbonyl (C=O) groups is 1. The zero-order chi connectivity index (χ0) is 19.3. The van der Waals surface area contributed by atoms with Gasteiger partial charge >= 0.3 is 0 Å². The van der Waals surface area contributed by atoms with E-state index in [-0.39, 0.29) is 17.1 Å². The number of aryl methyl sites for hydroxylation is 2. The third-order valence-electron chi connectivity index (χ3n) is 5.07. The topological polar surface area (TPSA) is 50.5 Å². The molecule has 1 amide bonds. The lowest BCUT2D eigenvalue weighted by molar-refractivity contribution is 0.0748. The molecule has 1 aliphatic heterocycles. The van der Waals surface area contributed by atoms with Crippen molar-refractivity contribution in [2.75, 3.05) is 6.54 Å². The van der Waals surface area contributed by atoms with E-state index in [1.807, 2.05) is 38.1 Å². The van der Waals surface area contributed by atoms with Gasteiger partial charge in [-0.15, -0.1) is 6.58 Å². The number of rotatable bonds is 3. The van der Waals surface area contributed by atoms with Gasteiger partial charge in [0.25, 0.3) is 5.91 Å². The largest absolute Gasteiger partial charge is 0.450 e. The van der Waals surface area contributed by atoms with E-state index < -0.39 is 6.04 Å². The van der Waals surface area contributed by atoms with Gasteiger partial charge in [0.15, 0.2) is 5.43 Å². The Hall–Kier alpha value is -2.85. The quantitative estimate of drug-likeness (QED) is 0.614. The summed E-state index contributed by atoms with van der Waals surface area (Å²) in [5.74, 6) is -0.213. The summed E-state index contributed by atoms with van der Waals surface area (Å²) in [6.07, 6.45) is 1.64. The molecule has 1 atom stereocenters. The predicted molar refractivity (Wildman–Crippen MR) is 106 cm³/mol. The summed E-state index contributed by atoms with van der Waals surface area (Å²) in [4.78, 5) is 28.0. The molecule has 2 heterocycles. The number of carbonyl (C=O) groups excluding carboxylic acids is 1. The van der Waals surface area contributed by atoms with Crippen molar-refractivity contribution in [1.29, 1.82) is 0 Å². The molecule has 0 radical (unpaired) electrons. The second-order valence-corrected chi connectivity index (χ2v) is 7.25. The van der Waals surface area contributed by atoms with E-state index in [9.17, 15) is 9.59 Å². The van der Waals surface area contributed by atoms with Crippen LogP contribution in [0.25, 0.3) is 11.0 Å². The van der Waals surface area contributed by atoms with Crippen molar-refractivity contribution in [2.24, 2.45) is 0 Å². The monoisotopic (exact) mass is 379 g/mol. The smallest absolute Gasteiger partial charge is 0.291 e. The lowest BCUT2D eigenvalue weighted by atomic mass is 9.97. The Bertz CT molecular complexity index is 1160. The zero-order valence-electron chi connectivity index (χ0n) is 15.1. The molecule has 27 heavy (non-hydrogen) atoms. The van der Waals surface area contributed by atoms with Gasteiger partial charge in [-0.25, -0.2) is 0 Å². The van der Waals surface area contributed by atoms with Crippen molar-refractivity contribution < 1.29 is 9.21 Å². The molecule has 5 heteroatoms. The van der Waals surface area contributed by atoms with Crippen LogP contribution in [-0.2, 0) is 0 Å². The summed E-state index contributed by atoms with van der Waals surface area (Å²) >= 11 is 6.16. The highest BCUT2D eigenvalue weighted by molar-refractivity contribution is 6.30. The molecule has 0 bridgehead atoms. The molecular formula is C22H18ClNO3. The van der Waals surface area contributed by atoms with E-state index in [4.69, 9.17) is 16.0 Å². The van der Waals surface area contributed by atoms with Crippen LogP contribution >= 0.6 is 11.6 Å². The Morgan fingerprint density at radius 2 is 1.93 bits per heavy atom. The average molecular weight is 380 g/mol. The van der Waals surface area contributed by atoms with Crippen LogP contribution in [0.4, 0.5) is 0 Å². The average Bonchev–Trinajstić information content (AvgIpc) is 2.90. The maximum Gasteiger partial charge on any atom is 0.291 e. The van der Waals surface area contributed by atoms with E-state index >= 15 is 0 Å². The molecule has 0 N–H and O–H groups in total. The first kappa shape index (κ1) is 17.6. The van der Waals surface area contributed by atoms with E-state index in [1.54, 1.807) is 23.1 Å². The van der Waals surface area contributed by atoms with E-state index in [0.717, 1.165) is 16.7 Å². The number of fused-ring (bicyclic) bond motifs is 2. The van der Waals surface area contributed by atoms with Gasteiger partial charge in [0, 0.05) is 11.6 Å². The summed E-state index contributed by atoms with van der Waals surface area (Å²) < 4.78 is 5.93. The fourth-order valence-corrected chi connectivity index (χ4v) is 3.82. The van der Waals surface area contributed by atoms with Crippen molar-refractivity contribution in [2.45, 2.75) is 19.9 Å². The summed E-state index contributed by atoms with van der Waals surface area (Å²) in [6, 6.07) is 10.3. The molecule has 4 nitrogen and oxygen atoms in total. The lowest BCUT2D eigenvalue weighted by Gasteiger charge is -2.23. The summed E-state index contributed by atoms with van der Waals surface area (Å²) in [5.41, 5.74) is 3.39. The zero-order valence-corrected chi connectivity index (χ0v) is 15.8. The molecule has 1 unspecified atom stereocenters. The van der Waals surface area contributed by atoms with Crippen LogP contribution in [0.1, 0.15) is 38.9 Å². The molecule has 0 aliphatic carbocycles. The van der Waals surface area contributed by atoms with Crippen molar-refractivity contribution in [1.82, 2.24) is 4.90 Å². The third kappa shape index (κ3) is 2.68. The van der Waals surface area contributed by atoms with Gasteiger partial charge in [0.1, 0.15) is 5.58 Å². The van der Waals surface area contributed by atoms with Crippen molar-refractivity contribution in [3.63, 3.8) is 0 Å². The van der Waals surface area contributed by atoms with Gasteiger partial charge in [-0.05, 0) is 54.8 Å². The number of halogens is 1. The fraction of sp³-hybridized carbons (Fsp3) is 0.182. The SMILES string of the molecule is C=CCN1C(=O)c2oc3cc(C)c(C)cc3c(=O)c2C1c1cccc(Cl)c1. The molecular weight excluding hydrogens is 362 g/mol. The van der Waals surface area contributed by atoms with Crippen LogP contribution in [0.5, 0.6) is 0 Å². The van der Waals surface area contributed by atoms with Crippen LogP contribution < -0.4 is 5.43 Å². The van der Waals surface area contributed by atoms with Crippen LogP contribution in [-0.4, -0.2) is 17.4 Å². The molecule has 1 aliphatic rings. The van der Waals surface area contributed by atoms with Crippen molar-refractivity contribution in [3.8, 4) is 0 Å². The first-order chi connectivity index (χ1) is 12.9. The van der Waals surface area contributed by atoms with Gasteiger partial charge in [-0.3, -0.25) is 9.59 Å². The number of benzene rings is 2. The Balaban J connectivity index is 2.05. The molecule has 136 valence electrons. The number of amides is 1. The fourth-order valence-electron chi connectivity index (χ4n) is 3.63. The maximum absolute atomic E-state index is 13.4. The van der Waals surface area contributed by atoms with Gasteiger partial charge in [-0.2, -0.15) is 0 Å². The first-order valence-electron chi connectivity index (χ1n) is 8.67. The Morgan fingerprint density at radius 1 is 1.19 bits per heavy atom.